The van der Waals surface area contributed by atoms with Crippen molar-refractivity contribution in [3.8, 4) is 5.75 Å². The average Bonchev–Trinajstić information content (AvgIpc) is 3.18. The second-order valence-electron chi connectivity index (χ2n) is 7.32. The predicted octanol–water partition coefficient (Wildman–Crippen LogP) is 4.06. The molecule has 7 nitrogen and oxygen atoms in total. The Bertz CT molecular complexity index is 1120. The van der Waals surface area contributed by atoms with Gasteiger partial charge < -0.3 is 9.72 Å². The number of imidazole rings is 1. The summed E-state index contributed by atoms with van der Waals surface area (Å²) in [5, 5.41) is 0. The van der Waals surface area contributed by atoms with E-state index in [0.717, 1.165) is 37.2 Å². The van der Waals surface area contributed by atoms with Gasteiger partial charge in [0.25, 0.3) is 5.56 Å². The molecule has 0 atom stereocenters. The van der Waals surface area contributed by atoms with Crippen LogP contribution in [0.5, 0.6) is 5.75 Å². The van der Waals surface area contributed by atoms with Crippen molar-refractivity contribution in [3.63, 3.8) is 0 Å². The van der Waals surface area contributed by atoms with Crippen LogP contribution < -0.4 is 16.0 Å². The van der Waals surface area contributed by atoms with Crippen LogP contribution in [0.15, 0.2) is 33.9 Å². The number of benzene rings is 1. The van der Waals surface area contributed by atoms with E-state index in [0.29, 0.717) is 36.5 Å². The molecular weight excluding hydrogens is 380 g/mol. The Hall–Kier alpha value is -3.09. The van der Waals surface area contributed by atoms with Crippen LogP contribution in [-0.4, -0.2) is 25.7 Å². The monoisotopic (exact) mass is 410 g/mol. The summed E-state index contributed by atoms with van der Waals surface area (Å²) in [5.41, 5.74) is 1.17. The maximum atomic E-state index is 12.8. The number of rotatable bonds is 10. The fourth-order valence-electron chi connectivity index (χ4n) is 3.29. The lowest BCUT2D eigenvalue weighted by atomic mass is 10.2. The predicted molar refractivity (Wildman–Crippen MR) is 121 cm³/mol. The molecule has 160 valence electrons. The molecular formula is C23H30N4O3. The van der Waals surface area contributed by atoms with Gasteiger partial charge in [-0.3, -0.25) is 13.9 Å². The summed E-state index contributed by atoms with van der Waals surface area (Å²) in [4.78, 5) is 33.1. The molecule has 0 amide bonds. The van der Waals surface area contributed by atoms with Crippen LogP contribution in [0.3, 0.4) is 0 Å². The van der Waals surface area contributed by atoms with E-state index in [1.54, 1.807) is 4.57 Å². The standard InChI is InChI=1S/C23H30N4O3/c1-4-7-16-30-18-11-8-17(9-12-18)10-13-19-24-20-21(25-19)26(14-5-2)23(29)27(15-6-3)22(20)28/h8-13H,4-7,14-16H2,1-3H3,(H,24,25). The first-order valence-corrected chi connectivity index (χ1v) is 10.7. The first kappa shape index (κ1) is 21.6. The number of nitrogens with one attached hydrogen (secondary N) is 1. The van der Waals surface area contributed by atoms with E-state index in [-0.39, 0.29) is 11.2 Å². The Balaban J connectivity index is 1.90. The third-order valence-electron chi connectivity index (χ3n) is 4.85. The van der Waals surface area contributed by atoms with E-state index < -0.39 is 0 Å². The fraction of sp³-hybridized carbons (Fsp3) is 0.435. The van der Waals surface area contributed by atoms with Crippen molar-refractivity contribution in [2.45, 2.75) is 59.5 Å². The van der Waals surface area contributed by atoms with Gasteiger partial charge in [0.15, 0.2) is 5.65 Å². The summed E-state index contributed by atoms with van der Waals surface area (Å²) in [6.07, 6.45) is 7.37. The number of nitrogens with zero attached hydrogens (tertiary/aromatic N) is 3. The molecule has 0 bridgehead atoms. The van der Waals surface area contributed by atoms with Crippen LogP contribution in [0.4, 0.5) is 0 Å². The van der Waals surface area contributed by atoms with Crippen molar-refractivity contribution >= 4 is 23.3 Å². The fourth-order valence-corrected chi connectivity index (χ4v) is 3.29. The quantitative estimate of drug-likeness (QED) is 0.511. The second kappa shape index (κ2) is 10.1. The number of aryl methyl sites for hydroxylation is 1. The highest BCUT2D eigenvalue weighted by molar-refractivity contribution is 5.75. The van der Waals surface area contributed by atoms with Crippen LogP contribution >= 0.6 is 0 Å². The maximum absolute atomic E-state index is 12.8. The Labute approximate surface area is 176 Å². The Kier molecular flexibility index (Phi) is 7.27. The molecule has 0 saturated heterocycles. The number of aromatic amines is 1. The largest absolute Gasteiger partial charge is 0.494 e. The molecule has 3 rings (SSSR count). The second-order valence-corrected chi connectivity index (χ2v) is 7.32. The number of unbranched alkanes of at least 4 members (excludes halogenated alkanes) is 1. The number of hydrogen-bond donors (Lipinski definition) is 1. The van der Waals surface area contributed by atoms with E-state index in [1.807, 2.05) is 50.3 Å². The molecule has 7 heteroatoms. The van der Waals surface area contributed by atoms with Crippen LogP contribution in [-0.2, 0) is 13.1 Å². The zero-order chi connectivity index (χ0) is 21.5. The zero-order valence-electron chi connectivity index (χ0n) is 18.0. The molecule has 1 N–H and O–H groups in total. The SMILES string of the molecule is CCCCOc1ccc(C=Cc2nc3c([nH]2)c(=O)n(CCC)c(=O)n3CCC)cc1. The lowest BCUT2D eigenvalue weighted by Crippen LogP contribution is -2.40. The number of hydrogen-bond acceptors (Lipinski definition) is 4. The van der Waals surface area contributed by atoms with E-state index in [4.69, 9.17) is 4.74 Å². The minimum Gasteiger partial charge on any atom is -0.494 e. The number of fused-ring (bicyclic) bond motifs is 1. The van der Waals surface area contributed by atoms with Gasteiger partial charge in [0.05, 0.1) is 6.61 Å². The van der Waals surface area contributed by atoms with Crippen molar-refractivity contribution in [2.75, 3.05) is 6.61 Å². The molecule has 0 saturated carbocycles. The Morgan fingerprint density at radius 3 is 2.33 bits per heavy atom. The summed E-state index contributed by atoms with van der Waals surface area (Å²) < 4.78 is 8.56. The molecule has 0 spiro atoms. The molecule has 2 aromatic heterocycles. The Morgan fingerprint density at radius 2 is 1.67 bits per heavy atom. The minimum absolute atomic E-state index is 0.295. The molecule has 1 aromatic carbocycles. The number of ether oxygens (including phenoxy) is 1. The molecule has 0 aliphatic heterocycles. The van der Waals surface area contributed by atoms with Crippen LogP contribution in [0.25, 0.3) is 23.3 Å². The van der Waals surface area contributed by atoms with E-state index in [9.17, 15) is 9.59 Å². The molecule has 0 radical (unpaired) electrons. The molecule has 30 heavy (non-hydrogen) atoms. The van der Waals surface area contributed by atoms with E-state index in [1.165, 1.54) is 4.57 Å². The number of aromatic nitrogens is 4. The number of H-pyrrole nitrogens is 1. The van der Waals surface area contributed by atoms with Crippen LogP contribution in [0.2, 0.25) is 0 Å². The molecule has 2 heterocycles. The average molecular weight is 411 g/mol. The van der Waals surface area contributed by atoms with Gasteiger partial charge in [0.1, 0.15) is 17.1 Å². The minimum atomic E-state index is -0.315. The van der Waals surface area contributed by atoms with Crippen LogP contribution in [0.1, 0.15) is 57.8 Å². The Morgan fingerprint density at radius 1 is 0.967 bits per heavy atom. The van der Waals surface area contributed by atoms with Gasteiger partial charge in [0, 0.05) is 13.1 Å². The topological polar surface area (TPSA) is 81.9 Å². The highest BCUT2D eigenvalue weighted by Gasteiger charge is 2.15. The summed E-state index contributed by atoms with van der Waals surface area (Å²) in [7, 11) is 0. The highest BCUT2D eigenvalue weighted by atomic mass is 16.5. The van der Waals surface area contributed by atoms with Crippen molar-refractivity contribution < 1.29 is 4.74 Å². The van der Waals surface area contributed by atoms with Gasteiger partial charge in [-0.15, -0.1) is 0 Å². The van der Waals surface area contributed by atoms with Crippen molar-refractivity contribution in [1.82, 2.24) is 19.1 Å². The molecule has 0 aliphatic carbocycles. The maximum Gasteiger partial charge on any atom is 0.332 e. The smallest absolute Gasteiger partial charge is 0.332 e. The van der Waals surface area contributed by atoms with Crippen molar-refractivity contribution in [1.29, 1.82) is 0 Å². The van der Waals surface area contributed by atoms with Gasteiger partial charge >= 0.3 is 5.69 Å². The molecule has 0 aliphatic rings. The van der Waals surface area contributed by atoms with Gasteiger partial charge in [-0.05, 0) is 43.0 Å². The third-order valence-corrected chi connectivity index (χ3v) is 4.85. The first-order valence-electron chi connectivity index (χ1n) is 10.7. The highest BCUT2D eigenvalue weighted by Crippen LogP contribution is 2.15. The molecule has 0 fully saturated rings. The lowest BCUT2D eigenvalue weighted by molar-refractivity contribution is 0.309. The lowest BCUT2D eigenvalue weighted by Gasteiger charge is -2.09. The van der Waals surface area contributed by atoms with Gasteiger partial charge in [0.2, 0.25) is 0 Å². The van der Waals surface area contributed by atoms with E-state index in [2.05, 4.69) is 16.9 Å². The first-order chi connectivity index (χ1) is 14.6. The third kappa shape index (κ3) is 4.72. The van der Waals surface area contributed by atoms with Gasteiger partial charge in [-0.2, -0.15) is 0 Å². The molecule has 0 unspecified atom stereocenters. The summed E-state index contributed by atoms with van der Waals surface area (Å²) in [6, 6.07) is 7.83. The van der Waals surface area contributed by atoms with Crippen molar-refractivity contribution in [3.05, 3.63) is 56.5 Å². The van der Waals surface area contributed by atoms with Crippen LogP contribution in [0, 0.1) is 0 Å². The van der Waals surface area contributed by atoms with E-state index >= 15 is 0 Å². The van der Waals surface area contributed by atoms with Crippen molar-refractivity contribution in [2.24, 2.45) is 0 Å². The summed E-state index contributed by atoms with van der Waals surface area (Å²) in [6.45, 7) is 7.72. The normalized spacial score (nSPS) is 11.6. The summed E-state index contributed by atoms with van der Waals surface area (Å²) >= 11 is 0. The molecule has 3 aromatic rings. The van der Waals surface area contributed by atoms with Gasteiger partial charge in [-0.25, -0.2) is 9.78 Å². The summed E-state index contributed by atoms with van der Waals surface area (Å²) in [5.74, 6) is 1.40. The zero-order valence-corrected chi connectivity index (χ0v) is 18.0. The van der Waals surface area contributed by atoms with Gasteiger partial charge in [-0.1, -0.05) is 45.4 Å².